The van der Waals surface area contributed by atoms with Gasteiger partial charge in [0, 0.05) is 6.20 Å². The molecule has 0 fully saturated rings. The van der Waals surface area contributed by atoms with E-state index in [9.17, 15) is 4.39 Å². The number of allylic oxidation sites excluding steroid dienone is 4. The molecule has 5 heteroatoms. The van der Waals surface area contributed by atoms with Crippen LogP contribution in [0.25, 0.3) is 11.2 Å². The number of hydrogen-bond acceptors (Lipinski definition) is 3. The van der Waals surface area contributed by atoms with Crippen molar-refractivity contribution in [2.45, 2.75) is 13.5 Å². The van der Waals surface area contributed by atoms with Gasteiger partial charge in [-0.2, -0.15) is 0 Å². The van der Waals surface area contributed by atoms with Crippen molar-refractivity contribution in [1.82, 2.24) is 19.9 Å². The third-order valence-corrected chi connectivity index (χ3v) is 2.92. The Morgan fingerprint density at radius 1 is 1.45 bits per heavy atom. The molecule has 2 aromatic heterocycles. The maximum atomic E-state index is 12.5. The van der Waals surface area contributed by atoms with Gasteiger partial charge in [-0.3, -0.25) is 4.40 Å². The van der Waals surface area contributed by atoms with Crippen molar-refractivity contribution in [3.63, 3.8) is 0 Å². The first kappa shape index (κ1) is 14.1. The fourth-order valence-electron chi connectivity index (χ4n) is 1.92. The van der Waals surface area contributed by atoms with Gasteiger partial charge in [0.05, 0.1) is 12.9 Å². The van der Waals surface area contributed by atoms with E-state index >= 15 is 0 Å². The summed E-state index contributed by atoms with van der Waals surface area (Å²) in [5.74, 6) is 0.825. The van der Waals surface area contributed by atoms with E-state index in [-0.39, 0.29) is 0 Å². The topological polar surface area (TPSA) is 42.2 Å². The first-order valence-electron chi connectivity index (χ1n) is 6.29. The summed E-state index contributed by atoms with van der Waals surface area (Å²) in [7, 11) is 1.86. The van der Waals surface area contributed by atoms with Crippen molar-refractivity contribution in [3.8, 4) is 0 Å². The Kier molecular flexibility index (Phi) is 4.42. The smallest absolute Gasteiger partial charge is 0.160 e. The summed E-state index contributed by atoms with van der Waals surface area (Å²) < 4.78 is 14.4. The molecule has 0 aliphatic heterocycles. The Balaban J connectivity index is 2.51. The number of nitrogens with zero attached hydrogens (tertiary/aromatic N) is 3. The average molecular weight is 272 g/mol. The summed E-state index contributed by atoms with van der Waals surface area (Å²) >= 11 is 0. The van der Waals surface area contributed by atoms with Crippen molar-refractivity contribution in [3.05, 3.63) is 60.4 Å². The van der Waals surface area contributed by atoms with Crippen LogP contribution in [0.2, 0.25) is 0 Å². The average Bonchev–Trinajstić information content (AvgIpc) is 2.87. The monoisotopic (exact) mass is 272 g/mol. The highest BCUT2D eigenvalue weighted by atomic mass is 19.1. The maximum absolute atomic E-state index is 12.5. The molecule has 2 heterocycles. The fourth-order valence-corrected chi connectivity index (χ4v) is 1.92. The number of nitrogens with one attached hydrogen (secondary N) is 1. The minimum absolute atomic E-state index is 0.541. The summed E-state index contributed by atoms with van der Waals surface area (Å²) in [6.07, 6.45) is 5.96. The van der Waals surface area contributed by atoms with Crippen LogP contribution in [0.3, 0.4) is 0 Å². The number of hydrogen-bond donors (Lipinski definition) is 1. The number of aromatic nitrogens is 3. The van der Waals surface area contributed by atoms with Crippen LogP contribution in [0.15, 0.2) is 49.0 Å². The Labute approximate surface area is 117 Å². The van der Waals surface area contributed by atoms with Crippen molar-refractivity contribution in [1.29, 1.82) is 0 Å². The number of halogens is 1. The first-order valence-corrected chi connectivity index (χ1v) is 6.29. The molecule has 0 aliphatic rings. The molecule has 0 radical (unpaired) electrons. The van der Waals surface area contributed by atoms with Crippen LogP contribution in [0.1, 0.15) is 18.3 Å². The zero-order valence-electron chi connectivity index (χ0n) is 11.6. The van der Waals surface area contributed by atoms with Gasteiger partial charge in [0.2, 0.25) is 0 Å². The molecule has 0 saturated carbocycles. The van der Waals surface area contributed by atoms with E-state index in [1.165, 1.54) is 0 Å². The molecule has 2 aromatic rings. The second kappa shape index (κ2) is 6.25. The minimum Gasteiger partial charge on any atom is -0.313 e. The second-order valence-corrected chi connectivity index (χ2v) is 4.45. The molecule has 0 aliphatic carbocycles. The molecule has 1 N–H and O–H groups in total. The highest BCUT2D eigenvalue weighted by Crippen LogP contribution is 2.19. The van der Waals surface area contributed by atoms with E-state index in [0.29, 0.717) is 18.4 Å². The molecule has 0 unspecified atom stereocenters. The van der Waals surface area contributed by atoms with E-state index in [4.69, 9.17) is 0 Å². The van der Waals surface area contributed by atoms with Gasteiger partial charge in [-0.15, -0.1) is 10.2 Å². The van der Waals surface area contributed by atoms with Gasteiger partial charge in [-0.25, -0.2) is 4.39 Å². The molecular formula is C15H17FN4. The van der Waals surface area contributed by atoms with Gasteiger partial charge in [0.15, 0.2) is 11.5 Å². The molecule has 0 bridgehead atoms. The quantitative estimate of drug-likeness (QED) is 0.851. The van der Waals surface area contributed by atoms with Crippen LogP contribution in [0.5, 0.6) is 0 Å². The number of rotatable bonds is 5. The summed E-state index contributed by atoms with van der Waals surface area (Å²) in [6.45, 7) is 6.11. The molecule has 0 atom stereocenters. The van der Waals surface area contributed by atoms with Crippen LogP contribution in [0, 0.1) is 0 Å². The van der Waals surface area contributed by atoms with Gasteiger partial charge >= 0.3 is 0 Å². The van der Waals surface area contributed by atoms with Gasteiger partial charge in [-0.05, 0) is 48.9 Å². The third-order valence-electron chi connectivity index (χ3n) is 2.92. The summed E-state index contributed by atoms with van der Waals surface area (Å²) in [5, 5.41) is 11.3. The lowest BCUT2D eigenvalue weighted by molar-refractivity contribution is 0.713. The molecule has 0 spiro atoms. The van der Waals surface area contributed by atoms with Crippen molar-refractivity contribution in [2.24, 2.45) is 0 Å². The first-order chi connectivity index (χ1) is 9.69. The van der Waals surface area contributed by atoms with E-state index in [1.54, 1.807) is 19.1 Å². The Bertz CT molecular complexity index is 682. The van der Waals surface area contributed by atoms with Crippen LogP contribution in [-0.2, 0) is 6.54 Å². The van der Waals surface area contributed by atoms with Crippen molar-refractivity contribution >= 4 is 11.2 Å². The Morgan fingerprint density at radius 2 is 2.25 bits per heavy atom. The molecule has 20 heavy (non-hydrogen) atoms. The standard InChI is InChI=1S/C15H17FN4/c1-4-12(7-11(2)8-16)13-5-6-14-18-19-15(9-17-3)20(14)10-13/h4-8,10,17H,1,9H2,2-3H3/b11-8+,12-7+. The SMILES string of the molecule is C=C/C(=C\C(C)=C\F)c1ccc2nnc(CNC)n2c1. The second-order valence-electron chi connectivity index (χ2n) is 4.45. The predicted molar refractivity (Wildman–Crippen MR) is 78.8 cm³/mol. The van der Waals surface area contributed by atoms with Crippen molar-refractivity contribution in [2.75, 3.05) is 7.05 Å². The van der Waals surface area contributed by atoms with E-state index < -0.39 is 0 Å². The zero-order chi connectivity index (χ0) is 14.5. The van der Waals surface area contributed by atoms with Gasteiger partial charge in [0.1, 0.15) is 0 Å². The van der Waals surface area contributed by atoms with Gasteiger partial charge in [-0.1, -0.05) is 12.7 Å². The van der Waals surface area contributed by atoms with Crippen LogP contribution < -0.4 is 5.32 Å². The molecule has 104 valence electrons. The van der Waals surface area contributed by atoms with Crippen molar-refractivity contribution < 1.29 is 4.39 Å². The molecule has 0 saturated heterocycles. The van der Waals surface area contributed by atoms with E-state index in [0.717, 1.165) is 22.6 Å². The largest absolute Gasteiger partial charge is 0.313 e. The molecule has 0 aromatic carbocycles. The normalized spacial score (nSPS) is 12.9. The third kappa shape index (κ3) is 2.83. The molecule has 2 rings (SSSR count). The lowest BCUT2D eigenvalue weighted by atomic mass is 10.1. The molecule has 0 amide bonds. The Morgan fingerprint density at radius 3 is 2.90 bits per heavy atom. The molecule has 4 nitrogen and oxygen atoms in total. The lowest BCUT2D eigenvalue weighted by Gasteiger charge is -2.05. The predicted octanol–water partition coefficient (Wildman–Crippen LogP) is 2.89. The summed E-state index contributed by atoms with van der Waals surface area (Å²) in [6, 6.07) is 3.81. The van der Waals surface area contributed by atoms with E-state index in [2.05, 4.69) is 22.1 Å². The van der Waals surface area contributed by atoms with Gasteiger partial charge in [0.25, 0.3) is 0 Å². The number of fused-ring (bicyclic) bond motifs is 1. The lowest BCUT2D eigenvalue weighted by Crippen LogP contribution is -2.09. The Hall–Kier alpha value is -2.27. The van der Waals surface area contributed by atoms with Crippen LogP contribution in [0.4, 0.5) is 4.39 Å². The fraction of sp³-hybridized carbons (Fsp3) is 0.200. The van der Waals surface area contributed by atoms with Crippen LogP contribution >= 0.6 is 0 Å². The maximum Gasteiger partial charge on any atom is 0.160 e. The van der Waals surface area contributed by atoms with E-state index in [1.807, 2.05) is 29.8 Å². The van der Waals surface area contributed by atoms with Crippen LogP contribution in [-0.4, -0.2) is 21.6 Å². The molecular weight excluding hydrogens is 255 g/mol. The highest BCUT2D eigenvalue weighted by molar-refractivity contribution is 5.75. The summed E-state index contributed by atoms with van der Waals surface area (Å²) in [5.41, 5.74) is 3.10. The van der Waals surface area contributed by atoms with Gasteiger partial charge < -0.3 is 5.32 Å². The summed E-state index contributed by atoms with van der Waals surface area (Å²) in [4.78, 5) is 0. The number of pyridine rings is 1. The highest BCUT2D eigenvalue weighted by Gasteiger charge is 2.06. The zero-order valence-corrected chi connectivity index (χ0v) is 11.6. The minimum atomic E-state index is 0.541.